The second kappa shape index (κ2) is 1.87. The van der Waals surface area contributed by atoms with Crippen LogP contribution in [0.15, 0.2) is 12.7 Å². The van der Waals surface area contributed by atoms with Crippen molar-refractivity contribution in [3.63, 3.8) is 0 Å². The second-order valence-electron chi connectivity index (χ2n) is 2.64. The van der Waals surface area contributed by atoms with Crippen molar-refractivity contribution in [1.29, 1.82) is 0 Å². The monoisotopic (exact) mass is 126 g/mol. The number of aliphatic carboxylic acids is 1. The van der Waals surface area contributed by atoms with Crippen molar-refractivity contribution in [3.8, 4) is 0 Å². The van der Waals surface area contributed by atoms with E-state index in [2.05, 4.69) is 6.58 Å². The molecule has 1 fully saturated rings. The van der Waals surface area contributed by atoms with Crippen LogP contribution in [0.1, 0.15) is 19.3 Å². The smallest absolute Gasteiger partial charge is 0.304 e. The van der Waals surface area contributed by atoms with E-state index >= 15 is 0 Å². The van der Waals surface area contributed by atoms with Crippen LogP contribution in [0, 0.1) is 5.41 Å². The van der Waals surface area contributed by atoms with Gasteiger partial charge >= 0.3 is 5.97 Å². The van der Waals surface area contributed by atoms with E-state index in [1.54, 1.807) is 6.08 Å². The third kappa shape index (κ3) is 1.31. The molecule has 1 rings (SSSR count). The van der Waals surface area contributed by atoms with E-state index in [0.717, 1.165) is 12.8 Å². The maximum Gasteiger partial charge on any atom is 0.304 e. The van der Waals surface area contributed by atoms with Crippen LogP contribution in [-0.2, 0) is 4.79 Å². The first-order valence-electron chi connectivity index (χ1n) is 3.04. The summed E-state index contributed by atoms with van der Waals surface area (Å²) in [4.78, 5) is 10.2. The fraction of sp³-hybridized carbons (Fsp3) is 0.571. The normalized spacial score (nSPS) is 20.9. The topological polar surface area (TPSA) is 37.3 Å². The van der Waals surface area contributed by atoms with Crippen LogP contribution < -0.4 is 0 Å². The molecule has 1 aliphatic carbocycles. The zero-order valence-electron chi connectivity index (χ0n) is 5.26. The number of rotatable bonds is 3. The summed E-state index contributed by atoms with van der Waals surface area (Å²) in [6.07, 6.45) is 4.03. The van der Waals surface area contributed by atoms with Gasteiger partial charge in [-0.25, -0.2) is 0 Å². The minimum absolute atomic E-state index is 0.0220. The number of allylic oxidation sites excluding steroid dienone is 1. The number of carbonyl (C=O) groups is 1. The highest BCUT2D eigenvalue weighted by Crippen LogP contribution is 2.49. The molecule has 1 N–H and O–H groups in total. The minimum Gasteiger partial charge on any atom is -0.481 e. The Kier molecular flexibility index (Phi) is 1.31. The molecule has 0 aromatic heterocycles. The SMILES string of the molecule is C=CC1(CC(=O)O)CC1. The highest BCUT2D eigenvalue weighted by molar-refractivity contribution is 5.68. The van der Waals surface area contributed by atoms with Crippen LogP contribution in [-0.4, -0.2) is 11.1 Å². The predicted molar refractivity (Wildman–Crippen MR) is 34.1 cm³/mol. The molecule has 1 saturated carbocycles. The molecule has 0 unspecified atom stereocenters. The van der Waals surface area contributed by atoms with Crippen molar-refractivity contribution < 1.29 is 9.90 Å². The molecule has 1 aliphatic rings. The summed E-state index contributed by atoms with van der Waals surface area (Å²) in [5, 5.41) is 8.37. The summed E-state index contributed by atoms with van der Waals surface area (Å²) in [6.45, 7) is 3.58. The van der Waals surface area contributed by atoms with Gasteiger partial charge in [0.2, 0.25) is 0 Å². The van der Waals surface area contributed by atoms with Crippen LogP contribution >= 0.6 is 0 Å². The summed E-state index contributed by atoms with van der Waals surface area (Å²) in [7, 11) is 0. The lowest BCUT2D eigenvalue weighted by Gasteiger charge is -2.01. The Bertz CT molecular complexity index is 145. The van der Waals surface area contributed by atoms with Crippen LogP contribution in [0.3, 0.4) is 0 Å². The van der Waals surface area contributed by atoms with Crippen molar-refractivity contribution >= 4 is 5.97 Å². The first kappa shape index (κ1) is 6.33. The lowest BCUT2D eigenvalue weighted by atomic mass is 10.0. The molecule has 0 aromatic rings. The number of carboxylic acids is 1. The van der Waals surface area contributed by atoms with Crippen molar-refractivity contribution in [2.45, 2.75) is 19.3 Å². The molecule has 0 amide bonds. The van der Waals surface area contributed by atoms with Crippen molar-refractivity contribution in [3.05, 3.63) is 12.7 Å². The molecule has 9 heavy (non-hydrogen) atoms. The highest BCUT2D eigenvalue weighted by Gasteiger charge is 2.41. The molecule has 0 saturated heterocycles. The quantitative estimate of drug-likeness (QED) is 0.581. The standard InChI is InChI=1S/C7H10O2/c1-2-7(3-4-7)5-6(8)9/h2H,1,3-5H2,(H,8,9). The Balaban J connectivity index is 2.42. The maximum absolute atomic E-state index is 10.2. The van der Waals surface area contributed by atoms with Gasteiger partial charge in [-0.05, 0) is 18.3 Å². The Morgan fingerprint density at radius 2 is 2.33 bits per heavy atom. The molecule has 0 spiro atoms. The van der Waals surface area contributed by atoms with Crippen molar-refractivity contribution in [2.75, 3.05) is 0 Å². The Morgan fingerprint density at radius 1 is 1.78 bits per heavy atom. The zero-order valence-corrected chi connectivity index (χ0v) is 5.26. The van der Waals surface area contributed by atoms with Crippen molar-refractivity contribution in [2.24, 2.45) is 5.41 Å². The van der Waals surface area contributed by atoms with Crippen LogP contribution in [0.2, 0.25) is 0 Å². The van der Waals surface area contributed by atoms with E-state index < -0.39 is 5.97 Å². The molecule has 2 nitrogen and oxygen atoms in total. The van der Waals surface area contributed by atoms with E-state index in [9.17, 15) is 4.79 Å². The van der Waals surface area contributed by atoms with Crippen molar-refractivity contribution in [1.82, 2.24) is 0 Å². The van der Waals surface area contributed by atoms with Gasteiger partial charge < -0.3 is 5.11 Å². The third-order valence-electron chi connectivity index (χ3n) is 1.83. The largest absolute Gasteiger partial charge is 0.481 e. The summed E-state index contributed by atoms with van der Waals surface area (Å²) in [6, 6.07) is 0. The molecule has 0 bridgehead atoms. The summed E-state index contributed by atoms with van der Waals surface area (Å²) in [5.41, 5.74) is -0.0220. The molecule has 0 aromatic carbocycles. The minimum atomic E-state index is -0.715. The van der Waals surface area contributed by atoms with Gasteiger partial charge in [-0.3, -0.25) is 4.79 Å². The average molecular weight is 126 g/mol. The summed E-state index contributed by atoms with van der Waals surface area (Å²) in [5.74, 6) is -0.715. The molecule has 0 radical (unpaired) electrons. The summed E-state index contributed by atoms with van der Waals surface area (Å²) < 4.78 is 0. The zero-order chi connectivity index (χ0) is 6.91. The van der Waals surface area contributed by atoms with Gasteiger partial charge in [0.1, 0.15) is 0 Å². The fourth-order valence-electron chi connectivity index (χ4n) is 0.915. The molecule has 2 heteroatoms. The molecule has 0 heterocycles. The average Bonchev–Trinajstić information content (AvgIpc) is 2.48. The molecule has 0 atom stereocenters. The van der Waals surface area contributed by atoms with Gasteiger partial charge in [0.25, 0.3) is 0 Å². The number of hydrogen-bond donors (Lipinski definition) is 1. The Labute approximate surface area is 54.2 Å². The van der Waals surface area contributed by atoms with Crippen LogP contribution in [0.5, 0.6) is 0 Å². The van der Waals surface area contributed by atoms with Gasteiger partial charge in [0.15, 0.2) is 0 Å². The lowest BCUT2D eigenvalue weighted by molar-refractivity contribution is -0.138. The molecule has 50 valence electrons. The Hall–Kier alpha value is -0.790. The molecular weight excluding hydrogens is 116 g/mol. The van der Waals surface area contributed by atoms with Gasteiger partial charge in [0.05, 0.1) is 6.42 Å². The van der Waals surface area contributed by atoms with E-state index in [-0.39, 0.29) is 11.8 Å². The second-order valence-corrected chi connectivity index (χ2v) is 2.64. The number of hydrogen-bond acceptors (Lipinski definition) is 1. The van der Waals surface area contributed by atoms with Gasteiger partial charge in [-0.15, -0.1) is 6.58 Å². The first-order chi connectivity index (χ1) is 4.18. The Morgan fingerprint density at radius 3 is 2.44 bits per heavy atom. The van der Waals surface area contributed by atoms with Crippen LogP contribution in [0.4, 0.5) is 0 Å². The molecular formula is C7H10O2. The van der Waals surface area contributed by atoms with Gasteiger partial charge in [-0.1, -0.05) is 6.08 Å². The van der Waals surface area contributed by atoms with E-state index in [4.69, 9.17) is 5.11 Å². The first-order valence-corrected chi connectivity index (χ1v) is 3.04. The van der Waals surface area contributed by atoms with E-state index in [1.807, 2.05) is 0 Å². The summed E-state index contributed by atoms with van der Waals surface area (Å²) >= 11 is 0. The van der Waals surface area contributed by atoms with Gasteiger partial charge in [0, 0.05) is 0 Å². The van der Waals surface area contributed by atoms with Crippen LogP contribution in [0.25, 0.3) is 0 Å². The lowest BCUT2D eigenvalue weighted by Crippen LogP contribution is -2.04. The van der Waals surface area contributed by atoms with E-state index in [0.29, 0.717) is 0 Å². The fourth-order valence-corrected chi connectivity index (χ4v) is 0.915. The number of carboxylic acid groups (broad SMARTS) is 1. The predicted octanol–water partition coefficient (Wildman–Crippen LogP) is 1.43. The third-order valence-corrected chi connectivity index (χ3v) is 1.83. The van der Waals surface area contributed by atoms with E-state index in [1.165, 1.54) is 0 Å². The van der Waals surface area contributed by atoms with Gasteiger partial charge in [-0.2, -0.15) is 0 Å². The molecule has 0 aliphatic heterocycles. The maximum atomic E-state index is 10.2. The highest BCUT2D eigenvalue weighted by atomic mass is 16.4.